The number of rotatable bonds is 6. The molecule has 4 nitrogen and oxygen atoms in total. The standard InChI is InChI=1S/C31H27F3N2O2/c1-19(2)25-7-5-6-8-29(25)38-24-13-11-22(12-14-24)28-16-27(31(32,33)34)26(17-35)30(37)36(28)18-23-10-9-20(3)15-21(23)4/h5-16,19H,18H2,1-4H3. The quantitative estimate of drug-likeness (QED) is 0.261. The van der Waals surface area contributed by atoms with E-state index < -0.39 is 22.9 Å². The second-order valence-corrected chi connectivity index (χ2v) is 9.57. The van der Waals surface area contributed by atoms with Gasteiger partial charge in [-0.3, -0.25) is 4.79 Å². The van der Waals surface area contributed by atoms with E-state index in [1.165, 1.54) is 10.6 Å². The van der Waals surface area contributed by atoms with Gasteiger partial charge in [0.15, 0.2) is 0 Å². The van der Waals surface area contributed by atoms with Crippen LogP contribution >= 0.6 is 0 Å². The lowest BCUT2D eigenvalue weighted by molar-refractivity contribution is -0.137. The highest BCUT2D eigenvalue weighted by atomic mass is 19.4. The second kappa shape index (κ2) is 10.6. The first-order chi connectivity index (χ1) is 18.0. The van der Waals surface area contributed by atoms with Gasteiger partial charge >= 0.3 is 6.18 Å². The maximum atomic E-state index is 13.9. The van der Waals surface area contributed by atoms with Gasteiger partial charge in [0.25, 0.3) is 5.56 Å². The lowest BCUT2D eigenvalue weighted by Gasteiger charge is -2.19. The first-order valence-electron chi connectivity index (χ1n) is 12.2. The number of alkyl halides is 3. The number of nitrogens with zero attached hydrogens (tertiary/aromatic N) is 2. The summed E-state index contributed by atoms with van der Waals surface area (Å²) in [5.74, 6) is 1.44. The van der Waals surface area contributed by atoms with E-state index in [-0.39, 0.29) is 18.2 Å². The Balaban J connectivity index is 1.82. The van der Waals surface area contributed by atoms with Crippen LogP contribution in [0.3, 0.4) is 0 Å². The molecule has 0 N–H and O–H groups in total. The van der Waals surface area contributed by atoms with Crippen molar-refractivity contribution in [2.75, 3.05) is 0 Å². The summed E-state index contributed by atoms with van der Waals surface area (Å²) >= 11 is 0. The van der Waals surface area contributed by atoms with Gasteiger partial charge in [-0.15, -0.1) is 0 Å². The Hall–Kier alpha value is -4.31. The van der Waals surface area contributed by atoms with Crippen molar-refractivity contribution in [1.82, 2.24) is 4.57 Å². The monoisotopic (exact) mass is 516 g/mol. The largest absolute Gasteiger partial charge is 0.457 e. The minimum atomic E-state index is -4.86. The van der Waals surface area contributed by atoms with Crippen LogP contribution in [0.4, 0.5) is 13.2 Å². The van der Waals surface area contributed by atoms with Crippen molar-refractivity contribution in [3.8, 4) is 28.8 Å². The van der Waals surface area contributed by atoms with Crippen molar-refractivity contribution in [2.24, 2.45) is 0 Å². The number of para-hydroxylation sites is 1. The van der Waals surface area contributed by atoms with E-state index in [2.05, 4.69) is 13.8 Å². The van der Waals surface area contributed by atoms with E-state index in [0.717, 1.165) is 28.3 Å². The lowest BCUT2D eigenvalue weighted by Crippen LogP contribution is -2.29. The van der Waals surface area contributed by atoms with Crippen LogP contribution in [0.5, 0.6) is 11.5 Å². The number of pyridine rings is 1. The van der Waals surface area contributed by atoms with Crippen molar-refractivity contribution < 1.29 is 17.9 Å². The average molecular weight is 517 g/mol. The molecule has 7 heteroatoms. The molecule has 0 radical (unpaired) electrons. The van der Waals surface area contributed by atoms with Crippen LogP contribution in [-0.2, 0) is 12.7 Å². The molecule has 0 bridgehead atoms. The molecule has 0 spiro atoms. The highest BCUT2D eigenvalue weighted by molar-refractivity contribution is 5.64. The van der Waals surface area contributed by atoms with Crippen molar-refractivity contribution in [3.63, 3.8) is 0 Å². The van der Waals surface area contributed by atoms with Gasteiger partial charge in [-0.1, -0.05) is 55.8 Å². The van der Waals surface area contributed by atoms with Gasteiger partial charge in [0.05, 0.1) is 17.8 Å². The van der Waals surface area contributed by atoms with E-state index in [0.29, 0.717) is 17.1 Å². The van der Waals surface area contributed by atoms with Crippen molar-refractivity contribution in [2.45, 2.75) is 46.3 Å². The number of hydrogen-bond donors (Lipinski definition) is 0. The number of halogens is 3. The zero-order valence-electron chi connectivity index (χ0n) is 21.6. The Kier molecular flexibility index (Phi) is 7.45. The molecular formula is C31H27F3N2O2. The van der Waals surface area contributed by atoms with Crippen LogP contribution < -0.4 is 10.3 Å². The van der Waals surface area contributed by atoms with Crippen LogP contribution in [0.1, 0.15) is 53.1 Å². The fourth-order valence-corrected chi connectivity index (χ4v) is 4.44. The number of aryl methyl sites for hydroxylation is 2. The molecule has 0 aliphatic heterocycles. The van der Waals surface area contributed by atoms with E-state index >= 15 is 0 Å². The van der Waals surface area contributed by atoms with Crippen molar-refractivity contribution >= 4 is 0 Å². The highest BCUT2D eigenvalue weighted by Gasteiger charge is 2.36. The minimum Gasteiger partial charge on any atom is -0.457 e. The molecule has 0 aliphatic carbocycles. The Morgan fingerprint density at radius 2 is 1.66 bits per heavy atom. The number of benzene rings is 3. The SMILES string of the molecule is Cc1ccc(Cn2c(-c3ccc(Oc4ccccc4C(C)C)cc3)cc(C(F)(F)F)c(C#N)c2=O)c(C)c1. The summed E-state index contributed by atoms with van der Waals surface area (Å²) in [4.78, 5) is 13.3. The molecule has 0 atom stereocenters. The molecule has 4 rings (SSSR count). The van der Waals surface area contributed by atoms with Crippen molar-refractivity contribution in [3.05, 3.63) is 117 Å². The van der Waals surface area contributed by atoms with Gasteiger partial charge in [-0.2, -0.15) is 18.4 Å². The summed E-state index contributed by atoms with van der Waals surface area (Å²) in [6.07, 6.45) is -4.86. The fraction of sp³-hybridized carbons (Fsp3) is 0.226. The first kappa shape index (κ1) is 26.7. The predicted octanol–water partition coefficient (Wildman–Crippen LogP) is 7.99. The van der Waals surface area contributed by atoms with Crippen LogP contribution in [0, 0.1) is 25.2 Å². The molecule has 38 heavy (non-hydrogen) atoms. The van der Waals surface area contributed by atoms with Crippen LogP contribution in [0.25, 0.3) is 11.3 Å². The summed E-state index contributed by atoms with van der Waals surface area (Å²) in [5.41, 5.74) is 1.03. The van der Waals surface area contributed by atoms with Crippen LogP contribution in [0.2, 0.25) is 0 Å². The van der Waals surface area contributed by atoms with E-state index in [1.54, 1.807) is 24.3 Å². The summed E-state index contributed by atoms with van der Waals surface area (Å²) in [5, 5.41) is 9.46. The van der Waals surface area contributed by atoms with Gasteiger partial charge in [-0.25, -0.2) is 0 Å². The smallest absolute Gasteiger partial charge is 0.417 e. The summed E-state index contributed by atoms with van der Waals surface area (Å²) in [7, 11) is 0. The molecular weight excluding hydrogens is 489 g/mol. The predicted molar refractivity (Wildman–Crippen MR) is 141 cm³/mol. The molecule has 0 unspecified atom stereocenters. The van der Waals surface area contributed by atoms with Gasteiger partial charge in [0, 0.05) is 0 Å². The number of aromatic nitrogens is 1. The van der Waals surface area contributed by atoms with Gasteiger partial charge < -0.3 is 9.30 Å². The van der Waals surface area contributed by atoms with Gasteiger partial charge in [0.2, 0.25) is 0 Å². The number of hydrogen-bond acceptors (Lipinski definition) is 3. The number of nitriles is 1. The van der Waals surface area contributed by atoms with Crippen molar-refractivity contribution in [1.29, 1.82) is 5.26 Å². The molecule has 4 aromatic rings. The third-order valence-electron chi connectivity index (χ3n) is 6.46. The topological polar surface area (TPSA) is 55.0 Å². The molecule has 1 aromatic heterocycles. The molecule has 0 aliphatic rings. The zero-order chi connectivity index (χ0) is 27.6. The molecule has 1 heterocycles. The molecule has 0 amide bonds. The van der Waals surface area contributed by atoms with Crippen LogP contribution in [-0.4, -0.2) is 4.57 Å². The molecule has 0 saturated carbocycles. The van der Waals surface area contributed by atoms with Gasteiger partial charge in [-0.05, 0) is 78.4 Å². The molecule has 0 fully saturated rings. The van der Waals surface area contributed by atoms with Gasteiger partial charge in [0.1, 0.15) is 23.1 Å². The van der Waals surface area contributed by atoms with E-state index in [4.69, 9.17) is 4.74 Å². The first-order valence-corrected chi connectivity index (χ1v) is 12.2. The van der Waals surface area contributed by atoms with E-state index in [9.17, 15) is 23.2 Å². The zero-order valence-corrected chi connectivity index (χ0v) is 21.6. The maximum Gasteiger partial charge on any atom is 0.417 e. The van der Waals surface area contributed by atoms with E-state index in [1.807, 2.05) is 56.3 Å². The Morgan fingerprint density at radius 3 is 2.26 bits per heavy atom. The molecule has 0 saturated heterocycles. The minimum absolute atomic E-state index is 0.0209. The summed E-state index contributed by atoms with van der Waals surface area (Å²) < 4.78 is 48.9. The second-order valence-electron chi connectivity index (χ2n) is 9.57. The lowest BCUT2D eigenvalue weighted by atomic mass is 10.0. The Morgan fingerprint density at radius 1 is 0.974 bits per heavy atom. The number of ether oxygens (including phenoxy) is 1. The normalized spacial score (nSPS) is 11.4. The Labute approximate surface area is 219 Å². The third-order valence-corrected chi connectivity index (χ3v) is 6.46. The highest BCUT2D eigenvalue weighted by Crippen LogP contribution is 2.35. The Bertz CT molecular complexity index is 1580. The molecule has 3 aromatic carbocycles. The summed E-state index contributed by atoms with van der Waals surface area (Å²) in [6, 6.07) is 22.2. The maximum absolute atomic E-state index is 13.9. The summed E-state index contributed by atoms with van der Waals surface area (Å²) in [6.45, 7) is 7.95. The van der Waals surface area contributed by atoms with Crippen LogP contribution in [0.15, 0.2) is 77.6 Å². The average Bonchev–Trinajstić information content (AvgIpc) is 2.86. The fourth-order valence-electron chi connectivity index (χ4n) is 4.44. The third kappa shape index (κ3) is 5.50. The molecule has 194 valence electrons.